The van der Waals surface area contributed by atoms with Gasteiger partial charge in [0.25, 0.3) is 0 Å². The van der Waals surface area contributed by atoms with E-state index in [1.54, 1.807) is 33.2 Å². The molecule has 0 fully saturated rings. The molecule has 0 amide bonds. The Morgan fingerprint density at radius 1 is 1.46 bits per heavy atom. The average Bonchev–Trinajstić information content (AvgIpc) is 2.13. The highest BCUT2D eigenvalue weighted by Gasteiger charge is 2.06. The summed E-state index contributed by atoms with van der Waals surface area (Å²) in [6, 6.07) is 3.40. The first-order valence-electron chi connectivity index (χ1n) is 4.16. The second-order valence-corrected chi connectivity index (χ2v) is 2.95. The molecule has 0 aliphatic carbocycles. The first-order chi connectivity index (χ1) is 6.19. The van der Waals surface area contributed by atoms with Crippen LogP contribution < -0.4 is 10.1 Å². The number of hydrogen-bond acceptors (Lipinski definition) is 2. The maximum atomic E-state index is 13.4. The summed E-state index contributed by atoms with van der Waals surface area (Å²) in [7, 11) is 3.37. The van der Waals surface area contributed by atoms with Crippen LogP contribution in [0.3, 0.4) is 0 Å². The molecular formula is C10H14FNO. The molecule has 0 unspecified atom stereocenters. The highest BCUT2D eigenvalue weighted by atomic mass is 19.1. The molecule has 1 rings (SSSR count). The number of aryl methyl sites for hydroxylation is 1. The number of nitrogens with one attached hydrogen (secondary N) is 1. The number of benzene rings is 1. The number of rotatable bonds is 3. The summed E-state index contributed by atoms with van der Waals surface area (Å²) in [5.41, 5.74) is 1.25. The third kappa shape index (κ3) is 2.18. The summed E-state index contributed by atoms with van der Waals surface area (Å²) in [6.45, 7) is 2.25. The molecule has 1 N–H and O–H groups in total. The van der Waals surface area contributed by atoms with Gasteiger partial charge < -0.3 is 10.1 Å². The van der Waals surface area contributed by atoms with E-state index >= 15 is 0 Å². The van der Waals surface area contributed by atoms with Crippen LogP contribution in [0.5, 0.6) is 5.75 Å². The molecule has 72 valence electrons. The molecule has 3 heteroatoms. The second kappa shape index (κ2) is 4.23. The first-order valence-corrected chi connectivity index (χ1v) is 4.16. The summed E-state index contributed by atoms with van der Waals surface area (Å²) in [5, 5.41) is 2.91. The molecule has 1 aromatic carbocycles. The van der Waals surface area contributed by atoms with Gasteiger partial charge in [0.05, 0.1) is 7.11 Å². The summed E-state index contributed by atoms with van der Waals surface area (Å²) in [4.78, 5) is 0. The van der Waals surface area contributed by atoms with E-state index in [-0.39, 0.29) is 5.82 Å². The van der Waals surface area contributed by atoms with Crippen molar-refractivity contribution in [3.05, 3.63) is 29.1 Å². The Morgan fingerprint density at radius 2 is 2.15 bits per heavy atom. The quantitative estimate of drug-likeness (QED) is 0.772. The largest absolute Gasteiger partial charge is 0.497 e. The van der Waals surface area contributed by atoms with E-state index in [1.165, 1.54) is 0 Å². The Hall–Kier alpha value is -1.09. The van der Waals surface area contributed by atoms with Crippen molar-refractivity contribution in [2.75, 3.05) is 14.2 Å². The molecule has 13 heavy (non-hydrogen) atoms. The topological polar surface area (TPSA) is 21.3 Å². The Kier molecular flexibility index (Phi) is 3.25. The van der Waals surface area contributed by atoms with Crippen LogP contribution >= 0.6 is 0 Å². The molecule has 1 aromatic rings. The van der Waals surface area contributed by atoms with Gasteiger partial charge in [-0.2, -0.15) is 0 Å². The van der Waals surface area contributed by atoms with Crippen LogP contribution in [0, 0.1) is 12.7 Å². The zero-order chi connectivity index (χ0) is 9.84. The van der Waals surface area contributed by atoms with Gasteiger partial charge in [-0.25, -0.2) is 4.39 Å². The molecule has 0 atom stereocenters. The lowest BCUT2D eigenvalue weighted by molar-refractivity contribution is 0.412. The van der Waals surface area contributed by atoms with E-state index in [4.69, 9.17) is 4.74 Å². The van der Waals surface area contributed by atoms with Crippen molar-refractivity contribution in [2.24, 2.45) is 0 Å². The minimum atomic E-state index is -0.157. The molecule has 0 spiro atoms. The lowest BCUT2D eigenvalue weighted by Gasteiger charge is -2.08. The summed E-state index contributed by atoms with van der Waals surface area (Å²) in [5.74, 6) is 0.541. The lowest BCUT2D eigenvalue weighted by Crippen LogP contribution is -2.08. The first kappa shape index (κ1) is 9.99. The zero-order valence-electron chi connectivity index (χ0n) is 8.15. The van der Waals surface area contributed by atoms with Crippen LogP contribution in [0.4, 0.5) is 4.39 Å². The van der Waals surface area contributed by atoms with E-state index in [9.17, 15) is 4.39 Å². The SMILES string of the molecule is CNCc1cc(OC)cc(C)c1F. The lowest BCUT2D eigenvalue weighted by atomic mass is 10.1. The molecule has 0 saturated heterocycles. The van der Waals surface area contributed by atoms with Crippen LogP contribution in [-0.4, -0.2) is 14.2 Å². The second-order valence-electron chi connectivity index (χ2n) is 2.95. The van der Waals surface area contributed by atoms with Crippen molar-refractivity contribution in [3.63, 3.8) is 0 Å². The number of ether oxygens (including phenoxy) is 1. The highest BCUT2D eigenvalue weighted by Crippen LogP contribution is 2.20. The van der Waals surface area contributed by atoms with Gasteiger partial charge in [-0.3, -0.25) is 0 Å². The van der Waals surface area contributed by atoms with Gasteiger partial charge in [-0.15, -0.1) is 0 Å². The summed E-state index contributed by atoms with van der Waals surface area (Å²) in [6.07, 6.45) is 0. The molecule has 0 aromatic heterocycles. The fourth-order valence-corrected chi connectivity index (χ4v) is 1.24. The smallest absolute Gasteiger partial charge is 0.130 e. The van der Waals surface area contributed by atoms with Gasteiger partial charge >= 0.3 is 0 Å². The van der Waals surface area contributed by atoms with E-state index in [1.807, 2.05) is 0 Å². The van der Waals surface area contributed by atoms with Gasteiger partial charge in [-0.05, 0) is 31.7 Å². The van der Waals surface area contributed by atoms with Crippen LogP contribution in [-0.2, 0) is 6.54 Å². The minimum Gasteiger partial charge on any atom is -0.497 e. The van der Waals surface area contributed by atoms with Crippen LogP contribution in [0.15, 0.2) is 12.1 Å². The highest BCUT2D eigenvalue weighted by molar-refractivity contribution is 5.35. The number of methoxy groups -OCH3 is 1. The maximum absolute atomic E-state index is 13.4. The molecule has 0 aliphatic heterocycles. The van der Waals surface area contributed by atoms with Gasteiger partial charge in [-0.1, -0.05) is 0 Å². The van der Waals surface area contributed by atoms with E-state index in [2.05, 4.69) is 5.32 Å². The van der Waals surface area contributed by atoms with Crippen molar-refractivity contribution in [3.8, 4) is 5.75 Å². The molecule has 0 aliphatic rings. The fraction of sp³-hybridized carbons (Fsp3) is 0.400. The normalized spacial score (nSPS) is 10.2. The van der Waals surface area contributed by atoms with Gasteiger partial charge in [0.15, 0.2) is 0 Å². The van der Waals surface area contributed by atoms with E-state index < -0.39 is 0 Å². The van der Waals surface area contributed by atoms with Crippen molar-refractivity contribution in [1.29, 1.82) is 0 Å². The standard InChI is InChI=1S/C10H14FNO/c1-7-4-9(13-3)5-8(6-12-2)10(7)11/h4-5,12H,6H2,1-3H3. The average molecular weight is 183 g/mol. The Balaban J connectivity index is 3.09. The Labute approximate surface area is 77.7 Å². The Bertz CT molecular complexity index is 299. The van der Waals surface area contributed by atoms with Crippen LogP contribution in [0.2, 0.25) is 0 Å². The predicted octanol–water partition coefficient (Wildman–Crippen LogP) is 1.86. The maximum Gasteiger partial charge on any atom is 0.130 e. The van der Waals surface area contributed by atoms with E-state index in [0.29, 0.717) is 23.4 Å². The number of halogens is 1. The molecule has 0 radical (unpaired) electrons. The van der Waals surface area contributed by atoms with Gasteiger partial charge in [0.2, 0.25) is 0 Å². The molecule has 0 saturated carbocycles. The molecule has 2 nitrogen and oxygen atoms in total. The van der Waals surface area contributed by atoms with Crippen molar-refractivity contribution in [1.82, 2.24) is 5.32 Å². The Morgan fingerprint density at radius 3 is 2.69 bits per heavy atom. The number of hydrogen-bond donors (Lipinski definition) is 1. The summed E-state index contributed by atoms with van der Waals surface area (Å²) < 4.78 is 18.5. The van der Waals surface area contributed by atoms with Crippen LogP contribution in [0.1, 0.15) is 11.1 Å². The van der Waals surface area contributed by atoms with Gasteiger partial charge in [0, 0.05) is 12.1 Å². The van der Waals surface area contributed by atoms with Crippen molar-refractivity contribution >= 4 is 0 Å². The third-order valence-electron chi connectivity index (χ3n) is 1.91. The monoisotopic (exact) mass is 183 g/mol. The fourth-order valence-electron chi connectivity index (χ4n) is 1.24. The molecule has 0 bridgehead atoms. The summed E-state index contributed by atoms with van der Waals surface area (Å²) >= 11 is 0. The third-order valence-corrected chi connectivity index (χ3v) is 1.91. The minimum absolute atomic E-state index is 0.157. The predicted molar refractivity (Wildman–Crippen MR) is 50.5 cm³/mol. The van der Waals surface area contributed by atoms with Gasteiger partial charge in [0.1, 0.15) is 11.6 Å². The van der Waals surface area contributed by atoms with E-state index in [0.717, 1.165) is 0 Å². The zero-order valence-corrected chi connectivity index (χ0v) is 8.15. The molecular weight excluding hydrogens is 169 g/mol. The molecule has 0 heterocycles. The van der Waals surface area contributed by atoms with Crippen molar-refractivity contribution < 1.29 is 9.13 Å². The van der Waals surface area contributed by atoms with Crippen LogP contribution in [0.25, 0.3) is 0 Å². The van der Waals surface area contributed by atoms with Crippen molar-refractivity contribution in [2.45, 2.75) is 13.5 Å².